The number of hydrogen-bond donors (Lipinski definition) is 4. The number of hydrogen-bond acceptors (Lipinski definition) is 5. The fourth-order valence-corrected chi connectivity index (χ4v) is 1.28. The molecule has 0 spiro atoms. The van der Waals surface area contributed by atoms with Crippen molar-refractivity contribution in [3.63, 3.8) is 0 Å². The normalized spacial score (nSPS) is 11.9. The molecule has 0 aliphatic carbocycles. The zero-order valence-corrected chi connectivity index (χ0v) is 9.38. The Morgan fingerprint density at radius 3 is 2.76 bits per heavy atom. The number of nitrogens with one attached hydrogen (secondary N) is 1. The van der Waals surface area contributed by atoms with E-state index in [0.717, 1.165) is 0 Å². The number of ether oxygens (including phenoxy) is 1. The highest BCUT2D eigenvalue weighted by atomic mass is 16.5. The van der Waals surface area contributed by atoms with E-state index in [-0.39, 0.29) is 24.5 Å². The van der Waals surface area contributed by atoms with E-state index in [1.54, 1.807) is 6.07 Å². The summed E-state index contributed by atoms with van der Waals surface area (Å²) in [5.74, 6) is -0.829. The predicted molar refractivity (Wildman–Crippen MR) is 61.5 cm³/mol. The molecular formula is C11H15NO5. The molecule has 0 heterocycles. The molecule has 0 fully saturated rings. The molecule has 17 heavy (non-hydrogen) atoms. The maximum absolute atomic E-state index is 10.8. The van der Waals surface area contributed by atoms with Crippen molar-refractivity contribution in [1.29, 1.82) is 0 Å². The second kappa shape index (κ2) is 6.07. The van der Waals surface area contributed by atoms with Gasteiger partial charge in [-0.15, -0.1) is 0 Å². The van der Waals surface area contributed by atoms with Gasteiger partial charge >= 0.3 is 5.97 Å². The molecule has 6 nitrogen and oxygen atoms in total. The zero-order chi connectivity index (χ0) is 12.8. The van der Waals surface area contributed by atoms with Crippen molar-refractivity contribution < 1.29 is 24.9 Å². The van der Waals surface area contributed by atoms with Gasteiger partial charge in [0, 0.05) is 18.3 Å². The fourth-order valence-electron chi connectivity index (χ4n) is 1.28. The summed E-state index contributed by atoms with van der Waals surface area (Å²) in [5, 5.41) is 29.5. The lowest BCUT2D eigenvalue weighted by molar-refractivity contribution is 0.0693. The first-order valence-corrected chi connectivity index (χ1v) is 5.02. The summed E-state index contributed by atoms with van der Waals surface area (Å²) in [5.41, 5.74) is 0.681. The Bertz CT molecular complexity index is 393. The molecule has 1 rings (SSSR count). The third-order valence-corrected chi connectivity index (χ3v) is 2.18. The monoisotopic (exact) mass is 241 g/mol. The first kappa shape index (κ1) is 13.3. The Labute approximate surface area is 98.5 Å². The van der Waals surface area contributed by atoms with Gasteiger partial charge in [0.1, 0.15) is 11.3 Å². The van der Waals surface area contributed by atoms with E-state index >= 15 is 0 Å². The number of carbonyl (C=O) groups is 1. The van der Waals surface area contributed by atoms with E-state index in [1.165, 1.54) is 19.2 Å². The van der Waals surface area contributed by atoms with E-state index in [9.17, 15) is 4.79 Å². The van der Waals surface area contributed by atoms with Crippen LogP contribution in [0.2, 0.25) is 0 Å². The molecule has 0 saturated carbocycles. The van der Waals surface area contributed by atoms with Crippen LogP contribution in [-0.2, 0) is 0 Å². The van der Waals surface area contributed by atoms with Crippen LogP contribution in [0.1, 0.15) is 10.4 Å². The molecule has 1 aromatic carbocycles. The summed E-state index contributed by atoms with van der Waals surface area (Å²) in [6.07, 6.45) is -0.861. The van der Waals surface area contributed by atoms with Gasteiger partial charge in [-0.2, -0.15) is 0 Å². The van der Waals surface area contributed by atoms with Crippen LogP contribution in [0.5, 0.6) is 5.75 Å². The number of carboxylic acid groups (broad SMARTS) is 1. The lowest BCUT2D eigenvalue weighted by Gasteiger charge is -2.12. The third kappa shape index (κ3) is 3.61. The molecule has 0 saturated heterocycles. The molecule has 0 aliphatic heterocycles. The molecule has 6 heteroatoms. The van der Waals surface area contributed by atoms with Crippen LogP contribution in [-0.4, -0.2) is 47.7 Å². The van der Waals surface area contributed by atoms with E-state index in [2.05, 4.69) is 5.32 Å². The Morgan fingerprint density at radius 1 is 1.53 bits per heavy atom. The van der Waals surface area contributed by atoms with Crippen molar-refractivity contribution in [3.05, 3.63) is 23.8 Å². The summed E-state index contributed by atoms with van der Waals surface area (Å²) in [6.45, 7) is -0.163. The highest BCUT2D eigenvalue weighted by Gasteiger charge is 2.11. The largest absolute Gasteiger partial charge is 0.496 e. The van der Waals surface area contributed by atoms with Gasteiger partial charge in [0.15, 0.2) is 0 Å². The summed E-state index contributed by atoms with van der Waals surface area (Å²) in [4.78, 5) is 10.8. The summed E-state index contributed by atoms with van der Waals surface area (Å²) in [6, 6.07) is 4.50. The number of aliphatic hydroxyl groups is 2. The van der Waals surface area contributed by atoms with Crippen molar-refractivity contribution >= 4 is 11.7 Å². The van der Waals surface area contributed by atoms with Crippen LogP contribution in [0.15, 0.2) is 18.2 Å². The van der Waals surface area contributed by atoms with E-state index < -0.39 is 12.1 Å². The molecule has 4 N–H and O–H groups in total. The molecular weight excluding hydrogens is 226 g/mol. The smallest absolute Gasteiger partial charge is 0.339 e. The third-order valence-electron chi connectivity index (χ3n) is 2.18. The van der Waals surface area contributed by atoms with Crippen LogP contribution in [0.3, 0.4) is 0 Å². The molecule has 0 radical (unpaired) electrons. The van der Waals surface area contributed by atoms with Gasteiger partial charge in [0.05, 0.1) is 19.8 Å². The Hall–Kier alpha value is -1.79. The van der Waals surface area contributed by atoms with Gasteiger partial charge in [-0.1, -0.05) is 0 Å². The van der Waals surface area contributed by atoms with Gasteiger partial charge in [-0.3, -0.25) is 0 Å². The highest BCUT2D eigenvalue weighted by Crippen LogP contribution is 2.23. The Balaban J connectivity index is 2.79. The minimum absolute atomic E-state index is 0.0701. The Morgan fingerprint density at radius 2 is 2.24 bits per heavy atom. The minimum atomic E-state index is -1.07. The molecule has 0 bridgehead atoms. The predicted octanol–water partition coefficient (Wildman–Crippen LogP) is 0.158. The zero-order valence-electron chi connectivity index (χ0n) is 9.38. The van der Waals surface area contributed by atoms with E-state index in [1.807, 2.05) is 0 Å². The maximum atomic E-state index is 10.8. The van der Waals surface area contributed by atoms with Gasteiger partial charge in [0.25, 0.3) is 0 Å². The van der Waals surface area contributed by atoms with Crippen molar-refractivity contribution in [2.24, 2.45) is 0 Å². The molecule has 0 aromatic heterocycles. The van der Waals surface area contributed by atoms with Crippen LogP contribution < -0.4 is 10.1 Å². The number of benzene rings is 1. The van der Waals surface area contributed by atoms with Gasteiger partial charge in [-0.05, 0) is 12.1 Å². The standard InChI is InChI=1S/C11H15NO5/c1-17-10-4-7(12-5-8(14)6-13)2-3-9(10)11(15)16/h2-4,8,12-14H,5-6H2,1H3,(H,15,16). The summed E-state index contributed by atoms with van der Waals surface area (Å²) in [7, 11) is 1.38. The van der Waals surface area contributed by atoms with Crippen LogP contribution >= 0.6 is 0 Å². The number of rotatable bonds is 6. The molecule has 1 aromatic rings. The Kier molecular flexibility index (Phi) is 4.74. The average Bonchev–Trinajstić information content (AvgIpc) is 2.35. The summed E-state index contributed by atoms with van der Waals surface area (Å²) < 4.78 is 4.95. The van der Waals surface area contributed by atoms with Gasteiger partial charge in [-0.25, -0.2) is 4.79 Å². The number of carboxylic acids is 1. The lowest BCUT2D eigenvalue weighted by Crippen LogP contribution is -2.22. The molecule has 1 unspecified atom stereocenters. The van der Waals surface area contributed by atoms with Crippen molar-refractivity contribution in [2.75, 3.05) is 25.6 Å². The fraction of sp³-hybridized carbons (Fsp3) is 0.364. The molecule has 94 valence electrons. The average molecular weight is 241 g/mol. The minimum Gasteiger partial charge on any atom is -0.496 e. The van der Waals surface area contributed by atoms with Gasteiger partial charge < -0.3 is 25.4 Å². The molecule has 1 atom stereocenters. The number of anilines is 1. The van der Waals surface area contributed by atoms with Crippen molar-refractivity contribution in [3.8, 4) is 5.75 Å². The lowest BCUT2D eigenvalue weighted by atomic mass is 10.2. The quantitative estimate of drug-likeness (QED) is 0.566. The van der Waals surface area contributed by atoms with Crippen LogP contribution in [0, 0.1) is 0 Å². The number of aromatic carboxylic acids is 1. The molecule has 0 aliphatic rings. The second-order valence-corrected chi connectivity index (χ2v) is 3.44. The SMILES string of the molecule is COc1cc(NCC(O)CO)ccc1C(=O)O. The first-order valence-electron chi connectivity index (χ1n) is 5.02. The maximum Gasteiger partial charge on any atom is 0.339 e. The van der Waals surface area contributed by atoms with E-state index in [0.29, 0.717) is 5.69 Å². The molecule has 0 amide bonds. The first-order chi connectivity index (χ1) is 8.08. The van der Waals surface area contributed by atoms with Crippen molar-refractivity contribution in [2.45, 2.75) is 6.10 Å². The van der Waals surface area contributed by atoms with Crippen LogP contribution in [0.25, 0.3) is 0 Å². The second-order valence-electron chi connectivity index (χ2n) is 3.44. The topological polar surface area (TPSA) is 99.0 Å². The van der Waals surface area contributed by atoms with Crippen LogP contribution in [0.4, 0.5) is 5.69 Å². The van der Waals surface area contributed by atoms with E-state index in [4.69, 9.17) is 20.1 Å². The number of aliphatic hydroxyl groups excluding tert-OH is 2. The number of methoxy groups -OCH3 is 1. The highest BCUT2D eigenvalue weighted by molar-refractivity contribution is 5.91. The van der Waals surface area contributed by atoms with Crippen molar-refractivity contribution in [1.82, 2.24) is 0 Å². The summed E-state index contributed by atoms with van der Waals surface area (Å²) >= 11 is 0. The van der Waals surface area contributed by atoms with Gasteiger partial charge in [0.2, 0.25) is 0 Å².